The first-order valence-corrected chi connectivity index (χ1v) is 7.96. The summed E-state index contributed by atoms with van der Waals surface area (Å²) in [6.07, 6.45) is 3.33. The lowest BCUT2D eigenvalue weighted by molar-refractivity contribution is 0.864. The second kappa shape index (κ2) is 6.62. The average Bonchev–Trinajstić information content (AvgIpc) is 3.28. The van der Waals surface area contributed by atoms with E-state index in [0.29, 0.717) is 16.3 Å². The number of hydrogen-bond acceptors (Lipinski definition) is 5. The van der Waals surface area contributed by atoms with Crippen molar-refractivity contribution in [2.24, 2.45) is 5.10 Å². The van der Waals surface area contributed by atoms with E-state index in [1.165, 1.54) is 4.68 Å². The van der Waals surface area contributed by atoms with Crippen molar-refractivity contribution >= 4 is 18.4 Å². The molecule has 4 rings (SSSR count). The Kier molecular flexibility index (Phi) is 4.01. The van der Waals surface area contributed by atoms with Crippen LogP contribution in [0, 0.1) is 4.77 Å². The van der Waals surface area contributed by atoms with Crippen LogP contribution in [-0.2, 0) is 0 Å². The van der Waals surface area contributed by atoms with Crippen molar-refractivity contribution in [3.63, 3.8) is 0 Å². The minimum Gasteiger partial charge on any atom is -0.274 e. The van der Waals surface area contributed by atoms with E-state index < -0.39 is 0 Å². The summed E-state index contributed by atoms with van der Waals surface area (Å²) in [6, 6.07) is 17.4. The van der Waals surface area contributed by atoms with E-state index in [9.17, 15) is 0 Å². The molecular weight excluding hydrogens is 334 g/mol. The Labute approximate surface area is 148 Å². The topological polar surface area (TPSA) is 87.5 Å². The molecule has 0 radical (unpaired) electrons. The number of pyridine rings is 1. The number of nitrogens with zero attached hydrogens (tertiary/aromatic N) is 5. The summed E-state index contributed by atoms with van der Waals surface area (Å²) >= 11 is 5.26. The van der Waals surface area contributed by atoms with Gasteiger partial charge in [-0.2, -0.15) is 20.0 Å². The molecule has 4 aromatic rings. The number of aromatic nitrogens is 6. The number of hydrogen-bond donors (Lipinski definition) is 2. The maximum absolute atomic E-state index is 5.26. The number of H-pyrrole nitrogens is 2. The Balaban J connectivity index is 1.70. The molecule has 25 heavy (non-hydrogen) atoms. The van der Waals surface area contributed by atoms with E-state index in [-0.39, 0.29) is 0 Å². The maximum atomic E-state index is 5.26. The van der Waals surface area contributed by atoms with Crippen molar-refractivity contribution in [3.8, 4) is 22.8 Å². The van der Waals surface area contributed by atoms with Crippen LogP contribution in [0.1, 0.15) is 5.69 Å². The highest BCUT2D eigenvalue weighted by Gasteiger charge is 2.12. The van der Waals surface area contributed by atoms with Crippen molar-refractivity contribution in [1.82, 2.24) is 30.1 Å². The van der Waals surface area contributed by atoms with E-state index in [1.54, 1.807) is 12.4 Å². The van der Waals surface area contributed by atoms with E-state index in [0.717, 1.165) is 17.0 Å². The van der Waals surface area contributed by atoms with Gasteiger partial charge in [-0.3, -0.25) is 10.1 Å². The smallest absolute Gasteiger partial charge is 0.216 e. The first kappa shape index (κ1) is 15.2. The second-order valence-corrected chi connectivity index (χ2v) is 5.58. The molecule has 2 N–H and O–H groups in total. The lowest BCUT2D eigenvalue weighted by Gasteiger charge is -1.97. The number of rotatable bonds is 4. The van der Waals surface area contributed by atoms with Gasteiger partial charge in [0.25, 0.3) is 0 Å². The zero-order valence-electron chi connectivity index (χ0n) is 13.0. The zero-order chi connectivity index (χ0) is 17.1. The highest BCUT2D eigenvalue weighted by molar-refractivity contribution is 7.71. The summed E-state index contributed by atoms with van der Waals surface area (Å²) in [4.78, 5) is 4.21. The van der Waals surface area contributed by atoms with Crippen LogP contribution in [0.3, 0.4) is 0 Å². The molecule has 7 nitrogen and oxygen atoms in total. The van der Waals surface area contributed by atoms with Gasteiger partial charge in [-0.25, -0.2) is 5.10 Å². The van der Waals surface area contributed by atoms with Gasteiger partial charge in [0, 0.05) is 11.8 Å². The van der Waals surface area contributed by atoms with Crippen LogP contribution in [0.5, 0.6) is 0 Å². The van der Waals surface area contributed by atoms with Crippen molar-refractivity contribution in [1.29, 1.82) is 0 Å². The molecule has 0 atom stereocenters. The Morgan fingerprint density at radius 2 is 1.84 bits per heavy atom. The molecule has 1 aromatic carbocycles. The summed E-state index contributed by atoms with van der Waals surface area (Å²) in [6.45, 7) is 0. The summed E-state index contributed by atoms with van der Waals surface area (Å²) in [5, 5.41) is 18.7. The van der Waals surface area contributed by atoms with E-state index in [2.05, 4.69) is 30.5 Å². The van der Waals surface area contributed by atoms with Crippen LogP contribution in [-0.4, -0.2) is 36.3 Å². The lowest BCUT2D eigenvalue weighted by Crippen LogP contribution is -1.96. The molecule has 0 unspecified atom stereocenters. The first-order valence-electron chi connectivity index (χ1n) is 7.55. The molecule has 3 heterocycles. The zero-order valence-corrected chi connectivity index (χ0v) is 13.8. The molecular formula is C17H13N7S. The predicted octanol–water partition coefficient (Wildman–Crippen LogP) is 3.27. The maximum Gasteiger partial charge on any atom is 0.216 e. The van der Waals surface area contributed by atoms with Gasteiger partial charge in [-0.15, -0.1) is 0 Å². The first-order chi connectivity index (χ1) is 12.3. The second-order valence-electron chi connectivity index (χ2n) is 5.20. The lowest BCUT2D eigenvalue weighted by atomic mass is 10.1. The van der Waals surface area contributed by atoms with E-state index in [1.807, 2.05) is 54.6 Å². The van der Waals surface area contributed by atoms with E-state index >= 15 is 0 Å². The van der Waals surface area contributed by atoms with Gasteiger partial charge in [0.05, 0.1) is 17.6 Å². The quantitative estimate of drug-likeness (QED) is 0.438. The molecule has 0 aliphatic rings. The summed E-state index contributed by atoms with van der Waals surface area (Å²) in [7, 11) is 0. The summed E-state index contributed by atoms with van der Waals surface area (Å²) in [5.41, 5.74) is 3.28. The molecule has 3 aromatic heterocycles. The third kappa shape index (κ3) is 3.15. The Hall–Kier alpha value is -3.39. The van der Waals surface area contributed by atoms with Crippen molar-refractivity contribution in [3.05, 3.63) is 71.3 Å². The van der Waals surface area contributed by atoms with Gasteiger partial charge in [0.2, 0.25) is 10.6 Å². The van der Waals surface area contributed by atoms with Gasteiger partial charge in [0.15, 0.2) is 0 Å². The molecule has 122 valence electrons. The van der Waals surface area contributed by atoms with E-state index in [4.69, 9.17) is 12.2 Å². The predicted molar refractivity (Wildman–Crippen MR) is 97.7 cm³/mol. The number of benzene rings is 1. The van der Waals surface area contributed by atoms with Gasteiger partial charge in [-0.05, 0) is 30.4 Å². The van der Waals surface area contributed by atoms with Crippen LogP contribution < -0.4 is 0 Å². The molecule has 0 aliphatic carbocycles. The monoisotopic (exact) mass is 347 g/mol. The standard InChI is InChI=1S/C17H13N7S/c25-17-23-22-16(24(17)19-11-13-8-4-5-9-18-13)15-10-14(20-21-15)12-6-2-1-3-7-12/h1-11H,(H,20,21)(H,23,25)/b19-11-. The fourth-order valence-electron chi connectivity index (χ4n) is 2.34. The molecule has 0 spiro atoms. The molecule has 0 bridgehead atoms. The molecule has 8 heteroatoms. The van der Waals surface area contributed by atoms with Crippen LogP contribution in [0.25, 0.3) is 22.8 Å². The molecule has 0 saturated carbocycles. The van der Waals surface area contributed by atoms with Gasteiger partial charge < -0.3 is 0 Å². The minimum atomic E-state index is 0.387. The Morgan fingerprint density at radius 1 is 1.00 bits per heavy atom. The largest absolute Gasteiger partial charge is 0.274 e. The Morgan fingerprint density at radius 3 is 2.64 bits per heavy atom. The molecule has 0 aliphatic heterocycles. The number of nitrogens with one attached hydrogen (secondary N) is 2. The molecule has 0 amide bonds. The molecule has 0 fully saturated rings. The third-order valence-corrected chi connectivity index (χ3v) is 3.80. The van der Waals surface area contributed by atoms with Crippen LogP contribution in [0.4, 0.5) is 0 Å². The van der Waals surface area contributed by atoms with Gasteiger partial charge in [0.1, 0.15) is 5.69 Å². The van der Waals surface area contributed by atoms with Crippen molar-refractivity contribution < 1.29 is 0 Å². The van der Waals surface area contributed by atoms with Crippen LogP contribution in [0.15, 0.2) is 65.9 Å². The van der Waals surface area contributed by atoms with Crippen LogP contribution >= 0.6 is 12.2 Å². The van der Waals surface area contributed by atoms with Crippen LogP contribution in [0.2, 0.25) is 0 Å². The van der Waals surface area contributed by atoms with Crippen molar-refractivity contribution in [2.45, 2.75) is 0 Å². The third-order valence-electron chi connectivity index (χ3n) is 3.53. The Bertz CT molecular complexity index is 1060. The summed E-state index contributed by atoms with van der Waals surface area (Å²) in [5.74, 6) is 0.548. The highest BCUT2D eigenvalue weighted by Crippen LogP contribution is 2.22. The van der Waals surface area contributed by atoms with Crippen molar-refractivity contribution in [2.75, 3.05) is 0 Å². The van der Waals surface area contributed by atoms with Gasteiger partial charge >= 0.3 is 0 Å². The normalized spacial score (nSPS) is 11.2. The number of aromatic amines is 2. The average molecular weight is 347 g/mol. The fourth-order valence-corrected chi connectivity index (χ4v) is 2.51. The van der Waals surface area contributed by atoms with Gasteiger partial charge in [-0.1, -0.05) is 36.4 Å². The SMILES string of the molecule is S=c1[nH]nc(-c2cc(-c3ccccc3)n[nH]2)n1/N=C\c1ccccn1. The fraction of sp³-hybridized carbons (Fsp3) is 0. The summed E-state index contributed by atoms with van der Waals surface area (Å²) < 4.78 is 1.92. The highest BCUT2D eigenvalue weighted by atomic mass is 32.1. The molecule has 0 saturated heterocycles. The minimum absolute atomic E-state index is 0.387.